The standard InChI is InChI=1S/C14H26O10S2/c1-12(2)20-8-10(23-12)14(5,26(17,18)19)11-9(7-21-25(6,15)16)22-13(3,4)24-11/h9-11H,7-8H2,1-6H3,(H,17,18,19)/t9-,10?,11-,14+/m0/s1. The zero-order valence-electron chi connectivity index (χ0n) is 15.6. The van der Waals surface area contributed by atoms with Gasteiger partial charge in [-0.1, -0.05) is 0 Å². The van der Waals surface area contributed by atoms with Crippen molar-refractivity contribution >= 4 is 20.2 Å². The van der Waals surface area contributed by atoms with Gasteiger partial charge in [-0.15, -0.1) is 0 Å². The van der Waals surface area contributed by atoms with E-state index in [1.165, 1.54) is 6.92 Å². The van der Waals surface area contributed by atoms with Gasteiger partial charge >= 0.3 is 0 Å². The van der Waals surface area contributed by atoms with Crippen molar-refractivity contribution in [2.45, 2.75) is 69.3 Å². The van der Waals surface area contributed by atoms with Gasteiger partial charge in [0.1, 0.15) is 18.3 Å². The van der Waals surface area contributed by atoms with E-state index in [1.807, 2.05) is 0 Å². The molecule has 2 aliphatic rings. The van der Waals surface area contributed by atoms with E-state index in [1.54, 1.807) is 27.7 Å². The molecule has 26 heavy (non-hydrogen) atoms. The summed E-state index contributed by atoms with van der Waals surface area (Å²) >= 11 is 0. The Morgan fingerprint density at radius 1 is 1.08 bits per heavy atom. The minimum absolute atomic E-state index is 0.108. The van der Waals surface area contributed by atoms with Crippen molar-refractivity contribution in [2.24, 2.45) is 0 Å². The molecule has 2 rings (SSSR count). The maximum Gasteiger partial charge on any atom is 0.275 e. The lowest BCUT2D eigenvalue weighted by Gasteiger charge is -2.37. The molecule has 4 atom stereocenters. The van der Waals surface area contributed by atoms with Crippen molar-refractivity contribution in [3.8, 4) is 0 Å². The summed E-state index contributed by atoms with van der Waals surface area (Å²) in [6, 6.07) is 0. The maximum absolute atomic E-state index is 12.3. The van der Waals surface area contributed by atoms with E-state index >= 15 is 0 Å². The van der Waals surface area contributed by atoms with Gasteiger partial charge in [-0.3, -0.25) is 8.74 Å². The summed E-state index contributed by atoms with van der Waals surface area (Å²) in [4.78, 5) is 0. The molecule has 0 spiro atoms. The molecule has 0 amide bonds. The Hall–Kier alpha value is -0.340. The van der Waals surface area contributed by atoms with Crippen LogP contribution in [-0.2, 0) is 43.4 Å². The number of ether oxygens (including phenoxy) is 4. The van der Waals surface area contributed by atoms with Crippen LogP contribution >= 0.6 is 0 Å². The fourth-order valence-electron chi connectivity index (χ4n) is 3.10. The monoisotopic (exact) mass is 418 g/mol. The molecular formula is C14H26O10S2. The Morgan fingerprint density at radius 2 is 1.65 bits per heavy atom. The lowest BCUT2D eigenvalue weighted by molar-refractivity contribution is -0.162. The van der Waals surface area contributed by atoms with E-state index in [2.05, 4.69) is 0 Å². The molecule has 0 aromatic rings. The maximum atomic E-state index is 12.3. The Balaban J connectivity index is 2.41. The predicted molar refractivity (Wildman–Crippen MR) is 89.5 cm³/mol. The van der Waals surface area contributed by atoms with Gasteiger partial charge in [-0.05, 0) is 34.6 Å². The molecule has 0 bridgehead atoms. The van der Waals surface area contributed by atoms with Crippen LogP contribution in [0.15, 0.2) is 0 Å². The molecule has 0 radical (unpaired) electrons. The van der Waals surface area contributed by atoms with Gasteiger partial charge in [-0.2, -0.15) is 16.8 Å². The van der Waals surface area contributed by atoms with E-state index in [-0.39, 0.29) is 6.61 Å². The molecule has 2 aliphatic heterocycles. The first-order valence-corrected chi connectivity index (χ1v) is 11.2. The number of hydrogen-bond donors (Lipinski definition) is 1. The highest BCUT2D eigenvalue weighted by Crippen LogP contribution is 2.43. The van der Waals surface area contributed by atoms with Gasteiger partial charge in [0, 0.05) is 0 Å². The van der Waals surface area contributed by atoms with Crippen molar-refractivity contribution in [3.05, 3.63) is 0 Å². The molecule has 10 nitrogen and oxygen atoms in total. The van der Waals surface area contributed by atoms with E-state index < -0.39 is 61.5 Å². The Labute approximate surface area is 154 Å². The van der Waals surface area contributed by atoms with E-state index in [9.17, 15) is 21.4 Å². The second-order valence-electron chi connectivity index (χ2n) is 7.56. The zero-order valence-corrected chi connectivity index (χ0v) is 17.2. The molecule has 154 valence electrons. The summed E-state index contributed by atoms with van der Waals surface area (Å²) in [5.74, 6) is -2.28. The molecule has 0 aliphatic carbocycles. The largest absolute Gasteiger partial charge is 0.348 e. The fraction of sp³-hybridized carbons (Fsp3) is 1.00. The summed E-state index contributed by atoms with van der Waals surface area (Å²) in [5.41, 5.74) is 0. The summed E-state index contributed by atoms with van der Waals surface area (Å²) in [7, 11) is -8.53. The third-order valence-electron chi connectivity index (χ3n) is 4.40. The van der Waals surface area contributed by atoms with Crippen LogP contribution in [0.2, 0.25) is 0 Å². The van der Waals surface area contributed by atoms with Gasteiger partial charge in [-0.25, -0.2) is 0 Å². The van der Waals surface area contributed by atoms with Crippen LogP contribution in [0.3, 0.4) is 0 Å². The van der Waals surface area contributed by atoms with Gasteiger partial charge in [0.25, 0.3) is 20.2 Å². The molecule has 1 N–H and O–H groups in total. The molecule has 1 unspecified atom stereocenters. The van der Waals surface area contributed by atoms with Gasteiger partial charge in [0.15, 0.2) is 16.3 Å². The molecule has 2 fully saturated rings. The topological polar surface area (TPSA) is 135 Å². The van der Waals surface area contributed by atoms with Crippen LogP contribution in [0, 0.1) is 0 Å². The minimum Gasteiger partial charge on any atom is -0.348 e. The van der Waals surface area contributed by atoms with E-state index in [0.29, 0.717) is 0 Å². The SMILES string of the molecule is CC1(C)OCC([C@](C)([C@H]2OC(C)(C)O[C@H]2COS(C)(=O)=O)S(=O)(=O)O)O1. The highest BCUT2D eigenvalue weighted by atomic mass is 32.2. The third-order valence-corrected chi connectivity index (χ3v) is 6.57. The fourth-order valence-corrected chi connectivity index (χ4v) is 4.42. The van der Waals surface area contributed by atoms with Crippen LogP contribution in [0.25, 0.3) is 0 Å². The van der Waals surface area contributed by atoms with Gasteiger partial charge in [0.2, 0.25) is 0 Å². The lowest BCUT2D eigenvalue weighted by Crippen LogP contribution is -2.60. The van der Waals surface area contributed by atoms with E-state index in [0.717, 1.165) is 6.26 Å². The number of hydrogen-bond acceptors (Lipinski definition) is 9. The van der Waals surface area contributed by atoms with E-state index in [4.69, 9.17) is 23.1 Å². The first-order chi connectivity index (χ1) is 11.5. The number of rotatable bonds is 6. The molecule has 0 aromatic heterocycles. The molecule has 12 heteroatoms. The van der Waals surface area contributed by atoms with Crippen LogP contribution in [0.5, 0.6) is 0 Å². The lowest BCUT2D eigenvalue weighted by atomic mass is 9.93. The van der Waals surface area contributed by atoms with Crippen molar-refractivity contribution in [2.75, 3.05) is 19.5 Å². The second-order valence-corrected chi connectivity index (χ2v) is 11.0. The van der Waals surface area contributed by atoms with Gasteiger partial charge in [0.05, 0.1) is 19.5 Å². The molecule has 0 aromatic carbocycles. The first-order valence-electron chi connectivity index (χ1n) is 7.96. The molecule has 2 saturated heterocycles. The highest BCUT2D eigenvalue weighted by molar-refractivity contribution is 7.87. The Morgan fingerprint density at radius 3 is 2.08 bits per heavy atom. The third kappa shape index (κ3) is 4.55. The van der Waals surface area contributed by atoms with Crippen LogP contribution in [-0.4, -0.2) is 75.5 Å². The van der Waals surface area contributed by atoms with Crippen molar-refractivity contribution in [1.82, 2.24) is 0 Å². The van der Waals surface area contributed by atoms with Crippen LogP contribution < -0.4 is 0 Å². The zero-order chi connectivity index (χ0) is 20.2. The summed E-state index contributed by atoms with van der Waals surface area (Å²) in [6.45, 7) is 6.97. The van der Waals surface area contributed by atoms with Crippen molar-refractivity contribution < 1.29 is 44.5 Å². The van der Waals surface area contributed by atoms with Crippen LogP contribution in [0.4, 0.5) is 0 Å². The summed E-state index contributed by atoms with van der Waals surface area (Å²) in [6.07, 6.45) is -2.56. The summed E-state index contributed by atoms with van der Waals surface area (Å²) in [5, 5.41) is 0. The van der Waals surface area contributed by atoms with Crippen molar-refractivity contribution in [3.63, 3.8) is 0 Å². The molecule has 2 heterocycles. The average Bonchev–Trinajstić information content (AvgIpc) is 2.93. The summed E-state index contributed by atoms with van der Waals surface area (Å²) < 4.78 is 82.5. The average molecular weight is 418 g/mol. The first kappa shape index (κ1) is 22.0. The highest BCUT2D eigenvalue weighted by Gasteiger charge is 2.63. The molecular weight excluding hydrogens is 392 g/mol. The smallest absolute Gasteiger partial charge is 0.275 e. The Kier molecular flexibility index (Phi) is 5.59. The van der Waals surface area contributed by atoms with Crippen molar-refractivity contribution in [1.29, 1.82) is 0 Å². The molecule has 0 saturated carbocycles. The minimum atomic E-state index is -4.73. The van der Waals surface area contributed by atoms with Crippen LogP contribution in [0.1, 0.15) is 34.6 Å². The Bertz CT molecular complexity index is 742. The second kappa shape index (κ2) is 6.62. The normalized spacial score (nSPS) is 33.9. The quantitative estimate of drug-likeness (QED) is 0.473. The predicted octanol–water partition coefficient (Wildman–Crippen LogP) is 0.281. The van der Waals surface area contributed by atoms with Gasteiger partial charge < -0.3 is 18.9 Å².